The summed E-state index contributed by atoms with van der Waals surface area (Å²) in [5.41, 5.74) is 1.03. The van der Waals surface area contributed by atoms with E-state index in [-0.39, 0.29) is 6.10 Å². The molecule has 1 aromatic rings. The van der Waals surface area contributed by atoms with E-state index < -0.39 is 0 Å². The average Bonchev–Trinajstić information content (AvgIpc) is 2.40. The van der Waals surface area contributed by atoms with Gasteiger partial charge in [-0.15, -0.1) is 0 Å². The number of aromatic nitrogens is 1. The molecule has 0 aromatic carbocycles. The van der Waals surface area contributed by atoms with Crippen molar-refractivity contribution in [1.82, 2.24) is 10.3 Å². The maximum atomic E-state index is 5.92. The van der Waals surface area contributed by atoms with Crippen LogP contribution in [0.4, 0.5) is 5.69 Å². The fourth-order valence-corrected chi connectivity index (χ4v) is 2.23. The summed E-state index contributed by atoms with van der Waals surface area (Å²) in [5.74, 6) is 1.35. The number of nitrogens with zero attached hydrogens (tertiary/aromatic N) is 1. The van der Waals surface area contributed by atoms with Crippen LogP contribution in [0.15, 0.2) is 18.3 Å². The van der Waals surface area contributed by atoms with E-state index in [0.29, 0.717) is 11.8 Å². The fraction of sp³-hybridized carbons (Fsp3) is 0.615. The van der Waals surface area contributed by atoms with Gasteiger partial charge >= 0.3 is 0 Å². The first-order chi connectivity index (χ1) is 8.29. The Hall–Kier alpha value is -1.29. The minimum atomic E-state index is 0.233. The second-order valence-corrected chi connectivity index (χ2v) is 4.54. The lowest BCUT2D eigenvalue weighted by Crippen LogP contribution is -2.35. The molecule has 0 radical (unpaired) electrons. The van der Waals surface area contributed by atoms with E-state index in [2.05, 4.69) is 22.5 Å². The van der Waals surface area contributed by atoms with Gasteiger partial charge in [0.1, 0.15) is 6.10 Å². The molecule has 2 N–H and O–H groups in total. The van der Waals surface area contributed by atoms with Crippen molar-refractivity contribution in [2.75, 3.05) is 25.5 Å². The predicted octanol–water partition coefficient (Wildman–Crippen LogP) is 1.89. The van der Waals surface area contributed by atoms with Gasteiger partial charge in [0, 0.05) is 25.0 Å². The highest BCUT2D eigenvalue weighted by molar-refractivity contribution is 5.44. The van der Waals surface area contributed by atoms with E-state index in [1.807, 2.05) is 19.2 Å². The Morgan fingerprint density at radius 2 is 2.24 bits per heavy atom. The third-order valence-electron chi connectivity index (χ3n) is 3.38. The van der Waals surface area contributed by atoms with Gasteiger partial charge in [-0.3, -0.25) is 0 Å². The SMILES string of the molecule is CNc1ccnc(OC(C)C2CCNCC2)c1. The molecule has 0 aliphatic carbocycles. The molecular weight excluding hydrogens is 214 g/mol. The Morgan fingerprint density at radius 1 is 1.47 bits per heavy atom. The molecule has 17 heavy (non-hydrogen) atoms. The molecule has 2 rings (SSSR count). The van der Waals surface area contributed by atoms with E-state index in [1.165, 1.54) is 12.8 Å². The number of piperidine rings is 1. The summed E-state index contributed by atoms with van der Waals surface area (Å²) in [5, 5.41) is 6.46. The molecule has 1 aliphatic rings. The second kappa shape index (κ2) is 5.87. The molecule has 1 atom stereocenters. The Morgan fingerprint density at radius 3 is 2.94 bits per heavy atom. The highest BCUT2D eigenvalue weighted by Crippen LogP contribution is 2.22. The molecule has 0 saturated carbocycles. The number of ether oxygens (including phenoxy) is 1. The van der Waals surface area contributed by atoms with Crippen molar-refractivity contribution < 1.29 is 4.74 Å². The standard InChI is InChI=1S/C13H21N3O/c1-10(11-3-6-15-7-4-11)17-13-9-12(14-2)5-8-16-13/h5,8-11,15H,3-4,6-7H2,1-2H3,(H,14,16). The number of hydrogen-bond donors (Lipinski definition) is 2. The number of anilines is 1. The highest BCUT2D eigenvalue weighted by Gasteiger charge is 2.21. The summed E-state index contributed by atoms with van der Waals surface area (Å²) in [4.78, 5) is 4.24. The normalized spacial score (nSPS) is 18.7. The third kappa shape index (κ3) is 3.33. The molecule has 1 saturated heterocycles. The van der Waals surface area contributed by atoms with Gasteiger partial charge in [-0.2, -0.15) is 0 Å². The van der Waals surface area contributed by atoms with Gasteiger partial charge in [0.2, 0.25) is 5.88 Å². The Kier molecular flexibility index (Phi) is 4.20. The van der Waals surface area contributed by atoms with Crippen molar-refractivity contribution >= 4 is 5.69 Å². The predicted molar refractivity (Wildman–Crippen MR) is 69.5 cm³/mol. The zero-order valence-corrected chi connectivity index (χ0v) is 10.6. The van der Waals surface area contributed by atoms with Crippen molar-refractivity contribution in [1.29, 1.82) is 0 Å². The van der Waals surface area contributed by atoms with Gasteiger partial charge in [0.05, 0.1) is 0 Å². The van der Waals surface area contributed by atoms with Gasteiger partial charge in [-0.05, 0) is 44.8 Å². The molecule has 2 heterocycles. The molecular formula is C13H21N3O. The summed E-state index contributed by atoms with van der Waals surface area (Å²) in [6.45, 7) is 4.34. The second-order valence-electron chi connectivity index (χ2n) is 4.54. The zero-order chi connectivity index (χ0) is 12.1. The average molecular weight is 235 g/mol. The lowest BCUT2D eigenvalue weighted by atomic mass is 9.93. The smallest absolute Gasteiger partial charge is 0.215 e. The monoisotopic (exact) mass is 235 g/mol. The number of nitrogens with one attached hydrogen (secondary N) is 2. The Labute approximate surface area is 103 Å². The molecule has 94 valence electrons. The lowest BCUT2D eigenvalue weighted by molar-refractivity contribution is 0.123. The van der Waals surface area contributed by atoms with Crippen molar-refractivity contribution in [3.8, 4) is 5.88 Å². The topological polar surface area (TPSA) is 46.2 Å². The van der Waals surface area contributed by atoms with Crippen molar-refractivity contribution in [2.24, 2.45) is 5.92 Å². The first-order valence-electron chi connectivity index (χ1n) is 6.31. The number of pyridine rings is 1. The van der Waals surface area contributed by atoms with E-state index in [9.17, 15) is 0 Å². The van der Waals surface area contributed by atoms with Crippen molar-refractivity contribution in [3.05, 3.63) is 18.3 Å². The third-order valence-corrected chi connectivity index (χ3v) is 3.38. The Balaban J connectivity index is 1.94. The Bertz CT molecular complexity index is 350. The number of rotatable bonds is 4. The van der Waals surface area contributed by atoms with E-state index in [4.69, 9.17) is 4.74 Å². The van der Waals surface area contributed by atoms with Crippen molar-refractivity contribution in [3.63, 3.8) is 0 Å². The molecule has 1 aromatic heterocycles. The zero-order valence-electron chi connectivity index (χ0n) is 10.6. The van der Waals surface area contributed by atoms with Crippen LogP contribution >= 0.6 is 0 Å². The quantitative estimate of drug-likeness (QED) is 0.836. The van der Waals surface area contributed by atoms with Gasteiger partial charge in [-0.25, -0.2) is 4.98 Å². The molecule has 4 nitrogen and oxygen atoms in total. The summed E-state index contributed by atoms with van der Waals surface area (Å²) in [7, 11) is 1.90. The largest absolute Gasteiger partial charge is 0.474 e. The molecule has 0 bridgehead atoms. The van der Waals surface area contributed by atoms with Gasteiger partial charge in [-0.1, -0.05) is 0 Å². The molecule has 1 aliphatic heterocycles. The fourth-order valence-electron chi connectivity index (χ4n) is 2.23. The van der Waals surface area contributed by atoms with E-state index >= 15 is 0 Å². The van der Waals surface area contributed by atoms with Gasteiger partial charge in [0.15, 0.2) is 0 Å². The van der Waals surface area contributed by atoms with Crippen LogP contribution in [0.5, 0.6) is 5.88 Å². The summed E-state index contributed by atoms with van der Waals surface area (Å²) < 4.78 is 5.92. The molecule has 1 unspecified atom stereocenters. The lowest BCUT2D eigenvalue weighted by Gasteiger charge is -2.28. The molecule has 0 amide bonds. The van der Waals surface area contributed by atoms with Crippen molar-refractivity contribution in [2.45, 2.75) is 25.9 Å². The van der Waals surface area contributed by atoms with E-state index in [1.54, 1.807) is 6.20 Å². The van der Waals surface area contributed by atoms with Crippen LogP contribution in [0.1, 0.15) is 19.8 Å². The first-order valence-corrected chi connectivity index (χ1v) is 6.31. The highest BCUT2D eigenvalue weighted by atomic mass is 16.5. The minimum absolute atomic E-state index is 0.233. The first kappa shape index (κ1) is 12.2. The van der Waals surface area contributed by atoms with E-state index in [0.717, 1.165) is 18.8 Å². The summed E-state index contributed by atoms with van der Waals surface area (Å²) in [6.07, 6.45) is 4.38. The van der Waals surface area contributed by atoms with Gasteiger partial charge < -0.3 is 15.4 Å². The van der Waals surface area contributed by atoms with Crippen LogP contribution in [0.25, 0.3) is 0 Å². The number of hydrogen-bond acceptors (Lipinski definition) is 4. The summed E-state index contributed by atoms with van der Waals surface area (Å²) in [6, 6.07) is 3.87. The van der Waals surface area contributed by atoms with Gasteiger partial charge in [0.25, 0.3) is 0 Å². The van der Waals surface area contributed by atoms with Crippen LogP contribution in [0, 0.1) is 5.92 Å². The maximum Gasteiger partial charge on any atom is 0.215 e. The van der Waals surface area contributed by atoms with Crippen LogP contribution in [0.3, 0.4) is 0 Å². The maximum absolute atomic E-state index is 5.92. The molecule has 1 fully saturated rings. The van der Waals surface area contributed by atoms with Crippen LogP contribution < -0.4 is 15.4 Å². The van der Waals surface area contributed by atoms with Crippen LogP contribution in [-0.4, -0.2) is 31.2 Å². The molecule has 4 heteroatoms. The molecule has 0 spiro atoms. The van der Waals surface area contributed by atoms with Crippen LogP contribution in [-0.2, 0) is 0 Å². The summed E-state index contributed by atoms with van der Waals surface area (Å²) >= 11 is 0. The minimum Gasteiger partial charge on any atom is -0.474 e. The van der Waals surface area contributed by atoms with Crippen LogP contribution in [0.2, 0.25) is 0 Å².